The molecule has 1 aliphatic heterocycles. The monoisotopic (exact) mass is 351 g/mol. The molecule has 25 heavy (non-hydrogen) atoms. The summed E-state index contributed by atoms with van der Waals surface area (Å²) in [4.78, 5) is 11.6. The van der Waals surface area contributed by atoms with Gasteiger partial charge < -0.3 is 10.1 Å². The predicted molar refractivity (Wildman–Crippen MR) is 97.7 cm³/mol. The van der Waals surface area contributed by atoms with Crippen molar-refractivity contribution >= 4 is 40.7 Å². The summed E-state index contributed by atoms with van der Waals surface area (Å²) in [6.07, 6.45) is 2.01. The summed E-state index contributed by atoms with van der Waals surface area (Å²) in [5.74, 6) is 0.467. The second-order valence-electron chi connectivity index (χ2n) is 5.63. The van der Waals surface area contributed by atoms with Gasteiger partial charge >= 0.3 is 0 Å². The highest BCUT2D eigenvalue weighted by atomic mass is 35.5. The van der Waals surface area contributed by atoms with Crippen molar-refractivity contribution in [2.75, 3.05) is 18.3 Å². The Morgan fingerprint density at radius 2 is 1.88 bits per heavy atom. The largest absolute Gasteiger partial charge is 0.497 e. The average molecular weight is 352 g/mol. The molecule has 2 aliphatic rings. The van der Waals surface area contributed by atoms with Gasteiger partial charge in [0, 0.05) is 27.3 Å². The molecule has 124 valence electrons. The SMILES string of the molecule is COc1ccc(C2=C3C=c4c(NC(=O)CCl)cccc4=C3N=N2)cc1. The van der Waals surface area contributed by atoms with Crippen LogP contribution in [-0.2, 0) is 4.79 Å². The molecule has 0 radical (unpaired) electrons. The van der Waals surface area contributed by atoms with E-state index in [0.29, 0.717) is 0 Å². The lowest BCUT2D eigenvalue weighted by molar-refractivity contribution is -0.113. The van der Waals surface area contributed by atoms with E-state index in [1.807, 2.05) is 48.5 Å². The fourth-order valence-electron chi connectivity index (χ4n) is 2.98. The van der Waals surface area contributed by atoms with Gasteiger partial charge in [-0.05, 0) is 36.4 Å². The molecule has 0 aromatic heterocycles. The van der Waals surface area contributed by atoms with Crippen molar-refractivity contribution in [1.82, 2.24) is 0 Å². The van der Waals surface area contributed by atoms with Crippen molar-refractivity contribution in [3.8, 4) is 5.75 Å². The Morgan fingerprint density at radius 1 is 1.12 bits per heavy atom. The van der Waals surface area contributed by atoms with Crippen molar-refractivity contribution < 1.29 is 9.53 Å². The van der Waals surface area contributed by atoms with Crippen molar-refractivity contribution in [3.05, 3.63) is 64.0 Å². The normalized spacial score (nSPS) is 14.2. The van der Waals surface area contributed by atoms with Gasteiger partial charge in [0.1, 0.15) is 23.0 Å². The molecular weight excluding hydrogens is 338 g/mol. The number of halogens is 1. The van der Waals surface area contributed by atoms with Crippen molar-refractivity contribution in [2.24, 2.45) is 10.2 Å². The third kappa shape index (κ3) is 2.62. The molecule has 1 amide bonds. The van der Waals surface area contributed by atoms with Gasteiger partial charge in [0.25, 0.3) is 0 Å². The number of nitrogens with one attached hydrogen (secondary N) is 1. The number of hydrogen-bond acceptors (Lipinski definition) is 4. The van der Waals surface area contributed by atoms with Gasteiger partial charge in [-0.15, -0.1) is 21.8 Å². The summed E-state index contributed by atoms with van der Waals surface area (Å²) in [6.45, 7) is 0. The van der Waals surface area contributed by atoms with Crippen LogP contribution < -0.4 is 20.5 Å². The summed E-state index contributed by atoms with van der Waals surface area (Å²) < 4.78 is 5.20. The molecule has 0 unspecified atom stereocenters. The van der Waals surface area contributed by atoms with Gasteiger partial charge in [-0.3, -0.25) is 4.79 Å². The second-order valence-corrected chi connectivity index (χ2v) is 5.90. The fourth-order valence-corrected chi connectivity index (χ4v) is 3.05. The van der Waals surface area contributed by atoms with E-state index in [9.17, 15) is 4.79 Å². The third-order valence-corrected chi connectivity index (χ3v) is 4.41. The first-order chi connectivity index (χ1) is 12.2. The van der Waals surface area contributed by atoms with Gasteiger partial charge in [-0.25, -0.2) is 0 Å². The quantitative estimate of drug-likeness (QED) is 0.861. The zero-order valence-electron chi connectivity index (χ0n) is 13.4. The van der Waals surface area contributed by atoms with Gasteiger partial charge in [0.2, 0.25) is 5.91 Å². The molecule has 2 aromatic rings. The number of ether oxygens (including phenoxy) is 1. The van der Waals surface area contributed by atoms with Crippen LogP contribution in [0.4, 0.5) is 5.69 Å². The zero-order chi connectivity index (χ0) is 17.4. The maximum absolute atomic E-state index is 11.6. The molecule has 0 fully saturated rings. The third-order valence-electron chi connectivity index (χ3n) is 4.17. The van der Waals surface area contributed by atoms with Crippen LogP contribution in [0.2, 0.25) is 0 Å². The van der Waals surface area contributed by atoms with Gasteiger partial charge in [0.05, 0.1) is 7.11 Å². The molecule has 0 saturated heterocycles. The van der Waals surface area contributed by atoms with E-state index >= 15 is 0 Å². The first-order valence-electron chi connectivity index (χ1n) is 7.73. The number of hydrogen-bond donors (Lipinski definition) is 1. The molecular formula is C19H14ClN3O2. The first-order valence-corrected chi connectivity index (χ1v) is 8.26. The zero-order valence-corrected chi connectivity index (χ0v) is 14.2. The number of rotatable bonds is 4. The number of anilines is 1. The lowest BCUT2D eigenvalue weighted by atomic mass is 10.1. The van der Waals surface area contributed by atoms with Crippen LogP contribution >= 0.6 is 11.6 Å². The minimum absolute atomic E-state index is 0.0836. The van der Waals surface area contributed by atoms with Gasteiger partial charge in [0.15, 0.2) is 0 Å². The molecule has 0 bridgehead atoms. The maximum atomic E-state index is 11.6. The summed E-state index contributed by atoms with van der Waals surface area (Å²) in [6, 6.07) is 13.4. The lowest BCUT2D eigenvalue weighted by Gasteiger charge is -2.03. The number of amides is 1. The summed E-state index contributed by atoms with van der Waals surface area (Å²) in [5, 5.41) is 13.4. The number of carbonyl (C=O) groups excluding carboxylic acids is 1. The number of methoxy groups -OCH3 is 1. The minimum atomic E-state index is -0.239. The van der Waals surface area contributed by atoms with Crippen LogP contribution in [0.3, 0.4) is 0 Å². The molecule has 1 aliphatic carbocycles. The van der Waals surface area contributed by atoms with Crippen molar-refractivity contribution in [3.63, 3.8) is 0 Å². The molecule has 0 atom stereocenters. The smallest absolute Gasteiger partial charge is 0.239 e. The molecule has 0 saturated carbocycles. The first kappa shape index (κ1) is 15.6. The Labute approximate surface area is 149 Å². The number of carbonyl (C=O) groups is 1. The second kappa shape index (κ2) is 6.18. The van der Waals surface area contributed by atoms with Crippen molar-refractivity contribution in [2.45, 2.75) is 0 Å². The summed E-state index contributed by atoms with van der Waals surface area (Å²) in [7, 11) is 1.64. The van der Waals surface area contributed by atoms with E-state index in [1.54, 1.807) is 7.11 Å². The fraction of sp³-hybridized carbons (Fsp3) is 0.105. The van der Waals surface area contributed by atoms with Crippen LogP contribution in [0.5, 0.6) is 5.75 Å². The number of benzene rings is 2. The molecule has 1 heterocycles. The Morgan fingerprint density at radius 3 is 2.60 bits per heavy atom. The average Bonchev–Trinajstić information content (AvgIpc) is 3.22. The van der Waals surface area contributed by atoms with E-state index in [0.717, 1.165) is 44.4 Å². The minimum Gasteiger partial charge on any atom is -0.497 e. The standard InChI is InChI=1S/C19H14ClN3O2/c1-25-12-7-5-11(6-8-12)18-15-9-14-13(19(15)23-22-18)3-2-4-16(14)21-17(24)10-20/h2-9H,10H2,1H3,(H,21,24). The Hall–Kier alpha value is -2.92. The van der Waals surface area contributed by atoms with Crippen LogP contribution in [0, 0.1) is 0 Å². The maximum Gasteiger partial charge on any atom is 0.239 e. The highest BCUT2D eigenvalue weighted by Gasteiger charge is 2.23. The number of nitrogens with zero attached hydrogens (tertiary/aromatic N) is 2. The Balaban J connectivity index is 1.84. The molecule has 0 spiro atoms. The topological polar surface area (TPSA) is 63.0 Å². The molecule has 4 rings (SSSR count). The van der Waals surface area contributed by atoms with Crippen LogP contribution in [0.1, 0.15) is 5.56 Å². The van der Waals surface area contributed by atoms with E-state index in [2.05, 4.69) is 15.5 Å². The number of alkyl halides is 1. The Kier molecular flexibility index (Phi) is 3.86. The van der Waals surface area contributed by atoms with E-state index < -0.39 is 0 Å². The van der Waals surface area contributed by atoms with Crippen LogP contribution in [0.25, 0.3) is 17.5 Å². The molecule has 5 nitrogen and oxygen atoms in total. The highest BCUT2D eigenvalue weighted by molar-refractivity contribution is 6.29. The molecule has 2 aromatic carbocycles. The van der Waals surface area contributed by atoms with E-state index in [4.69, 9.17) is 16.3 Å². The van der Waals surface area contributed by atoms with E-state index in [-0.39, 0.29) is 11.8 Å². The number of fused-ring (bicyclic) bond motifs is 2. The summed E-state index contributed by atoms with van der Waals surface area (Å²) in [5.41, 5.74) is 4.27. The van der Waals surface area contributed by atoms with Crippen molar-refractivity contribution in [1.29, 1.82) is 0 Å². The van der Waals surface area contributed by atoms with E-state index in [1.165, 1.54) is 0 Å². The van der Waals surface area contributed by atoms with Gasteiger partial charge in [-0.1, -0.05) is 12.1 Å². The predicted octanol–water partition coefficient (Wildman–Crippen LogP) is 2.65. The van der Waals surface area contributed by atoms with Crippen LogP contribution in [0.15, 0.2) is 58.3 Å². The highest BCUT2D eigenvalue weighted by Crippen LogP contribution is 2.35. The van der Waals surface area contributed by atoms with Crippen LogP contribution in [-0.4, -0.2) is 18.9 Å². The Bertz CT molecular complexity index is 1050. The molecule has 6 heteroatoms. The van der Waals surface area contributed by atoms with Gasteiger partial charge in [-0.2, -0.15) is 0 Å². The summed E-state index contributed by atoms with van der Waals surface area (Å²) >= 11 is 5.60. The lowest BCUT2D eigenvalue weighted by Crippen LogP contribution is -2.28. The number of azo groups is 1. The molecule has 1 N–H and O–H groups in total.